The van der Waals surface area contributed by atoms with Crippen LogP contribution in [0.5, 0.6) is 0 Å². The van der Waals surface area contributed by atoms with Crippen molar-refractivity contribution in [2.45, 2.75) is 31.4 Å². The van der Waals surface area contributed by atoms with E-state index in [2.05, 4.69) is 62.5 Å². The molecule has 1 atom stereocenters. The fourth-order valence-electron chi connectivity index (χ4n) is 3.93. The van der Waals surface area contributed by atoms with Crippen LogP contribution in [0.4, 0.5) is 0 Å². The van der Waals surface area contributed by atoms with Crippen LogP contribution in [0.15, 0.2) is 65.5 Å². The van der Waals surface area contributed by atoms with Crippen molar-refractivity contribution in [1.82, 2.24) is 20.1 Å². The van der Waals surface area contributed by atoms with Crippen molar-refractivity contribution >= 4 is 0 Å². The monoisotopic (exact) mass is 378 g/mol. The summed E-state index contributed by atoms with van der Waals surface area (Å²) in [6.45, 7) is 2.94. The number of H-pyrrole nitrogens is 2. The van der Waals surface area contributed by atoms with Crippen molar-refractivity contribution in [3.05, 3.63) is 88.1 Å². The predicted molar refractivity (Wildman–Crippen MR) is 108 cm³/mol. The van der Waals surface area contributed by atoms with Gasteiger partial charge in [0.05, 0.1) is 19.3 Å². The maximum absolute atomic E-state index is 11.6. The molecule has 0 radical (unpaired) electrons. The smallest absolute Gasteiger partial charge is 0.340 e. The number of hydrogen-bond donors (Lipinski definition) is 2. The number of aromatic nitrogens is 3. The molecule has 6 nitrogen and oxygen atoms in total. The Hall–Kier alpha value is -2.70. The largest absolute Gasteiger partial charge is 0.375 e. The first-order valence-electron chi connectivity index (χ1n) is 9.85. The van der Waals surface area contributed by atoms with E-state index < -0.39 is 0 Å². The molecule has 1 aliphatic rings. The van der Waals surface area contributed by atoms with E-state index in [0.29, 0.717) is 25.0 Å². The van der Waals surface area contributed by atoms with Crippen molar-refractivity contribution in [3.63, 3.8) is 0 Å². The lowest BCUT2D eigenvalue weighted by atomic mass is 9.89. The second-order valence-electron chi connectivity index (χ2n) is 7.30. The Bertz CT molecular complexity index is 899. The number of hydrogen-bond acceptors (Lipinski definition) is 4. The van der Waals surface area contributed by atoms with E-state index in [1.807, 2.05) is 18.2 Å². The minimum atomic E-state index is -0.276. The van der Waals surface area contributed by atoms with Crippen LogP contribution in [0.2, 0.25) is 0 Å². The van der Waals surface area contributed by atoms with Crippen molar-refractivity contribution < 1.29 is 4.74 Å². The van der Waals surface area contributed by atoms with Crippen molar-refractivity contribution in [2.24, 2.45) is 0 Å². The number of rotatable bonds is 7. The fraction of sp³-hybridized carbons (Fsp3) is 0.364. The summed E-state index contributed by atoms with van der Waals surface area (Å²) in [6, 6.07) is 20.8. The van der Waals surface area contributed by atoms with Crippen LogP contribution in [0, 0.1) is 0 Å². The van der Waals surface area contributed by atoms with Crippen LogP contribution in [-0.4, -0.2) is 39.8 Å². The molecule has 0 aliphatic carbocycles. The molecule has 1 fully saturated rings. The molecular formula is C22H26N4O2. The summed E-state index contributed by atoms with van der Waals surface area (Å²) in [7, 11) is 0. The highest BCUT2D eigenvalue weighted by molar-refractivity contribution is 5.20. The number of nitrogens with one attached hydrogen (secondary N) is 2. The normalized spacial score (nSPS) is 16.9. The zero-order chi connectivity index (χ0) is 19.2. The average Bonchev–Trinajstić information content (AvgIpc) is 3.19. The van der Waals surface area contributed by atoms with Gasteiger partial charge in [-0.3, -0.25) is 9.88 Å². The Morgan fingerprint density at radius 2 is 1.71 bits per heavy atom. The Balaban J connectivity index is 1.40. The van der Waals surface area contributed by atoms with Gasteiger partial charge in [-0.1, -0.05) is 60.7 Å². The molecule has 0 bridgehead atoms. The Morgan fingerprint density at radius 1 is 1.04 bits per heavy atom. The van der Waals surface area contributed by atoms with Gasteiger partial charge in [0, 0.05) is 0 Å². The van der Waals surface area contributed by atoms with E-state index in [0.717, 1.165) is 31.5 Å². The van der Waals surface area contributed by atoms with Crippen LogP contribution in [0.25, 0.3) is 0 Å². The van der Waals surface area contributed by atoms with Gasteiger partial charge < -0.3 is 4.74 Å². The van der Waals surface area contributed by atoms with Gasteiger partial charge in [-0.25, -0.2) is 9.89 Å². The molecular weight excluding hydrogens is 352 g/mol. The average molecular weight is 378 g/mol. The van der Waals surface area contributed by atoms with E-state index in [4.69, 9.17) is 4.74 Å². The Kier molecular flexibility index (Phi) is 5.99. The number of nitrogens with zero attached hydrogens (tertiary/aromatic N) is 2. The van der Waals surface area contributed by atoms with E-state index in [1.165, 1.54) is 5.56 Å². The first-order chi connectivity index (χ1) is 13.8. The van der Waals surface area contributed by atoms with E-state index in [-0.39, 0.29) is 11.7 Å². The molecule has 2 N–H and O–H groups in total. The summed E-state index contributed by atoms with van der Waals surface area (Å²) in [5.74, 6) is 1.23. The number of likely N-dealkylation sites (tertiary alicyclic amines) is 1. The highest BCUT2D eigenvalue weighted by atomic mass is 16.5. The molecule has 0 saturated carbocycles. The summed E-state index contributed by atoms with van der Waals surface area (Å²) < 4.78 is 5.99. The maximum Gasteiger partial charge on any atom is 0.340 e. The van der Waals surface area contributed by atoms with E-state index >= 15 is 0 Å². The molecule has 1 unspecified atom stereocenters. The molecule has 0 spiro atoms. The van der Waals surface area contributed by atoms with Crippen molar-refractivity contribution in [1.29, 1.82) is 0 Å². The third-order valence-corrected chi connectivity index (χ3v) is 5.46. The highest BCUT2D eigenvalue weighted by Gasteiger charge is 2.29. The van der Waals surface area contributed by atoms with Gasteiger partial charge in [0.1, 0.15) is 0 Å². The van der Waals surface area contributed by atoms with Crippen LogP contribution >= 0.6 is 0 Å². The number of piperidine rings is 1. The summed E-state index contributed by atoms with van der Waals surface area (Å²) >= 11 is 0. The molecule has 146 valence electrons. The van der Waals surface area contributed by atoms with Crippen molar-refractivity contribution in [2.75, 3.05) is 19.7 Å². The summed E-state index contributed by atoms with van der Waals surface area (Å²) in [5.41, 5.74) is 2.27. The number of ether oxygens (including phenoxy) is 1. The van der Waals surface area contributed by atoms with Gasteiger partial charge in [0.15, 0.2) is 5.82 Å². The fourth-order valence-corrected chi connectivity index (χ4v) is 3.93. The van der Waals surface area contributed by atoms with E-state index in [9.17, 15) is 4.79 Å². The molecule has 1 aromatic heterocycles. The minimum Gasteiger partial charge on any atom is -0.375 e. The molecule has 1 aliphatic heterocycles. The Morgan fingerprint density at radius 3 is 2.36 bits per heavy atom. The summed E-state index contributed by atoms with van der Waals surface area (Å²) in [4.78, 5) is 16.8. The second-order valence-corrected chi connectivity index (χ2v) is 7.30. The topological polar surface area (TPSA) is 74.0 Å². The molecule has 2 heterocycles. The zero-order valence-electron chi connectivity index (χ0n) is 15.9. The van der Waals surface area contributed by atoms with Gasteiger partial charge >= 0.3 is 5.69 Å². The number of aromatic amines is 2. The molecule has 6 heteroatoms. The zero-order valence-corrected chi connectivity index (χ0v) is 15.9. The SMILES string of the molecule is O=c1[nH]nc(C(COCc2ccccc2)N2CCC(c3ccccc3)CC2)[nH]1. The third kappa shape index (κ3) is 4.58. The highest BCUT2D eigenvalue weighted by Crippen LogP contribution is 2.31. The van der Waals surface area contributed by atoms with Crippen LogP contribution in [0.3, 0.4) is 0 Å². The molecule has 2 aromatic carbocycles. The summed E-state index contributed by atoms with van der Waals surface area (Å²) in [5, 5.41) is 6.67. The lowest BCUT2D eigenvalue weighted by Gasteiger charge is -2.36. The maximum atomic E-state index is 11.6. The molecule has 1 saturated heterocycles. The molecule has 4 rings (SSSR count). The Labute approximate surface area is 164 Å². The quantitative estimate of drug-likeness (QED) is 0.662. The molecule has 3 aromatic rings. The number of benzene rings is 2. The van der Waals surface area contributed by atoms with Crippen LogP contribution < -0.4 is 5.69 Å². The summed E-state index contributed by atoms with van der Waals surface area (Å²) in [6.07, 6.45) is 2.18. The van der Waals surface area contributed by atoms with Crippen LogP contribution in [0.1, 0.15) is 41.8 Å². The van der Waals surface area contributed by atoms with Gasteiger partial charge in [-0.05, 0) is 43.0 Å². The molecule has 0 amide bonds. The first kappa shape index (κ1) is 18.7. The van der Waals surface area contributed by atoms with E-state index in [1.54, 1.807) is 0 Å². The third-order valence-electron chi connectivity index (χ3n) is 5.46. The van der Waals surface area contributed by atoms with Gasteiger partial charge in [-0.2, -0.15) is 5.10 Å². The van der Waals surface area contributed by atoms with Gasteiger partial charge in [-0.15, -0.1) is 0 Å². The lowest BCUT2D eigenvalue weighted by molar-refractivity contribution is 0.0352. The van der Waals surface area contributed by atoms with Crippen molar-refractivity contribution in [3.8, 4) is 0 Å². The predicted octanol–water partition coefficient (Wildman–Crippen LogP) is 3.24. The minimum absolute atomic E-state index is 0.0561. The standard InChI is InChI=1S/C22H26N4O2/c27-22-23-21(24-25-22)20(16-28-15-17-7-3-1-4-8-17)26-13-11-19(12-14-26)18-9-5-2-6-10-18/h1-10,19-20H,11-16H2,(H2,23,24,25,27). The lowest BCUT2D eigenvalue weighted by Crippen LogP contribution is -2.38. The second kappa shape index (κ2) is 8.99. The first-order valence-corrected chi connectivity index (χ1v) is 9.85. The van der Waals surface area contributed by atoms with Gasteiger partial charge in [0.2, 0.25) is 0 Å². The van der Waals surface area contributed by atoms with Crippen LogP contribution in [-0.2, 0) is 11.3 Å². The van der Waals surface area contributed by atoms with Gasteiger partial charge in [0.25, 0.3) is 0 Å². The molecule has 28 heavy (non-hydrogen) atoms.